The summed E-state index contributed by atoms with van der Waals surface area (Å²) < 4.78 is 39.8. The van der Waals surface area contributed by atoms with Crippen LogP contribution in [-0.2, 0) is 0 Å². The summed E-state index contributed by atoms with van der Waals surface area (Å²) in [7, 11) is 0. The van der Waals surface area contributed by atoms with Crippen LogP contribution >= 0.6 is 0 Å². The van der Waals surface area contributed by atoms with Crippen LogP contribution in [0.5, 0.6) is 5.75 Å². The van der Waals surface area contributed by atoms with Gasteiger partial charge >= 0.3 is 6.36 Å². The first kappa shape index (κ1) is 13.8. The van der Waals surface area contributed by atoms with Gasteiger partial charge in [-0.3, -0.25) is 9.78 Å². The lowest BCUT2D eigenvalue weighted by Gasteiger charge is -2.09. The lowest BCUT2D eigenvalue weighted by molar-refractivity contribution is -0.274. The number of amides is 1. The molecule has 0 aliphatic heterocycles. The number of hydrogen-bond donors (Lipinski definition) is 1. The highest BCUT2D eigenvalue weighted by molar-refractivity contribution is 5.90. The molecule has 1 amide bonds. The number of carbonyl (C=O) groups is 1. The average Bonchev–Trinajstić information content (AvgIpc) is 2.38. The van der Waals surface area contributed by atoms with E-state index in [0.717, 1.165) is 12.1 Å². The molecule has 2 aromatic rings. The van der Waals surface area contributed by atoms with Gasteiger partial charge in [0, 0.05) is 5.56 Å². The van der Waals surface area contributed by atoms with Crippen LogP contribution in [0.15, 0.2) is 36.7 Å². The van der Waals surface area contributed by atoms with E-state index in [1.807, 2.05) is 0 Å². The molecule has 2 N–H and O–H groups in total. The third kappa shape index (κ3) is 3.44. The van der Waals surface area contributed by atoms with Gasteiger partial charge in [-0.05, 0) is 24.3 Å². The average molecular weight is 283 g/mol. The standard InChI is InChI=1S/C12H8F3N3O2/c13-12(14,15)20-8-3-1-7(2-4-8)9-5-17-6-10(18-9)11(16)19/h1-6H,(H2,16,19). The molecule has 5 nitrogen and oxygen atoms in total. The summed E-state index contributed by atoms with van der Waals surface area (Å²) in [6.07, 6.45) is -2.17. The van der Waals surface area contributed by atoms with Gasteiger partial charge in [-0.25, -0.2) is 4.98 Å². The molecule has 2 rings (SSSR count). The van der Waals surface area contributed by atoms with E-state index in [9.17, 15) is 18.0 Å². The second-order valence-corrected chi connectivity index (χ2v) is 3.73. The molecule has 0 spiro atoms. The number of primary amides is 1. The third-order valence-electron chi connectivity index (χ3n) is 2.27. The first-order valence-corrected chi connectivity index (χ1v) is 5.33. The second kappa shape index (κ2) is 5.16. The molecular weight excluding hydrogens is 275 g/mol. The maximum atomic E-state index is 12.0. The molecule has 0 aliphatic rings. The number of ether oxygens (including phenoxy) is 1. The Morgan fingerprint density at radius 1 is 1.15 bits per heavy atom. The fourth-order valence-electron chi connectivity index (χ4n) is 1.45. The Balaban J connectivity index is 2.26. The lowest BCUT2D eigenvalue weighted by Crippen LogP contribution is -2.17. The summed E-state index contributed by atoms with van der Waals surface area (Å²) in [5.74, 6) is -1.09. The van der Waals surface area contributed by atoms with E-state index in [1.54, 1.807) is 0 Å². The van der Waals surface area contributed by atoms with Gasteiger partial charge < -0.3 is 10.5 Å². The number of aromatic nitrogens is 2. The molecule has 1 heterocycles. The molecule has 0 atom stereocenters. The van der Waals surface area contributed by atoms with Crippen molar-refractivity contribution in [2.45, 2.75) is 6.36 Å². The zero-order valence-corrected chi connectivity index (χ0v) is 9.89. The number of hydrogen-bond acceptors (Lipinski definition) is 4. The summed E-state index contributed by atoms with van der Waals surface area (Å²) in [6, 6.07) is 5.02. The summed E-state index contributed by atoms with van der Waals surface area (Å²) in [5, 5.41) is 0. The predicted octanol–water partition coefficient (Wildman–Crippen LogP) is 2.14. The molecule has 8 heteroatoms. The molecule has 0 unspecified atom stereocenters. The van der Waals surface area contributed by atoms with Crippen LogP contribution in [0.25, 0.3) is 11.3 Å². The molecule has 0 aliphatic carbocycles. The molecule has 0 bridgehead atoms. The van der Waals surface area contributed by atoms with Gasteiger partial charge in [0.2, 0.25) is 0 Å². The van der Waals surface area contributed by atoms with Crippen LogP contribution in [0.2, 0.25) is 0 Å². The third-order valence-corrected chi connectivity index (χ3v) is 2.27. The monoisotopic (exact) mass is 283 g/mol. The SMILES string of the molecule is NC(=O)c1cncc(-c2ccc(OC(F)(F)F)cc2)n1. The Kier molecular flexibility index (Phi) is 3.55. The number of benzene rings is 1. The highest BCUT2D eigenvalue weighted by atomic mass is 19.4. The van der Waals surface area contributed by atoms with E-state index in [0.29, 0.717) is 11.3 Å². The maximum Gasteiger partial charge on any atom is 0.573 e. The van der Waals surface area contributed by atoms with Crippen molar-refractivity contribution in [1.82, 2.24) is 9.97 Å². The molecule has 0 fully saturated rings. The largest absolute Gasteiger partial charge is 0.573 e. The fourth-order valence-corrected chi connectivity index (χ4v) is 1.45. The van der Waals surface area contributed by atoms with E-state index >= 15 is 0 Å². The summed E-state index contributed by atoms with van der Waals surface area (Å²) in [4.78, 5) is 18.7. The molecule has 20 heavy (non-hydrogen) atoms. The quantitative estimate of drug-likeness (QED) is 0.936. The van der Waals surface area contributed by atoms with Crippen LogP contribution in [0.3, 0.4) is 0 Å². The summed E-state index contributed by atoms with van der Waals surface area (Å²) >= 11 is 0. The lowest BCUT2D eigenvalue weighted by atomic mass is 10.1. The van der Waals surface area contributed by atoms with Crippen LogP contribution in [-0.4, -0.2) is 22.2 Å². The normalized spacial score (nSPS) is 11.2. The number of rotatable bonds is 3. The van der Waals surface area contributed by atoms with Crippen molar-refractivity contribution in [3.05, 3.63) is 42.4 Å². The van der Waals surface area contributed by atoms with Crippen molar-refractivity contribution >= 4 is 5.91 Å². The van der Waals surface area contributed by atoms with Crippen molar-refractivity contribution in [1.29, 1.82) is 0 Å². The first-order valence-electron chi connectivity index (χ1n) is 5.33. The van der Waals surface area contributed by atoms with E-state index < -0.39 is 12.3 Å². The molecule has 1 aromatic heterocycles. The second-order valence-electron chi connectivity index (χ2n) is 3.73. The van der Waals surface area contributed by atoms with Crippen molar-refractivity contribution in [2.24, 2.45) is 5.73 Å². The topological polar surface area (TPSA) is 78.1 Å². The Morgan fingerprint density at radius 3 is 2.35 bits per heavy atom. The number of halogens is 3. The molecule has 0 radical (unpaired) electrons. The van der Waals surface area contributed by atoms with Crippen molar-refractivity contribution < 1.29 is 22.7 Å². The fraction of sp³-hybridized carbons (Fsp3) is 0.0833. The summed E-state index contributed by atoms with van der Waals surface area (Å²) in [5.41, 5.74) is 5.84. The van der Waals surface area contributed by atoms with E-state index in [-0.39, 0.29) is 11.4 Å². The van der Waals surface area contributed by atoms with Crippen LogP contribution < -0.4 is 10.5 Å². The Labute approximate surface area is 111 Å². The molecule has 0 saturated carbocycles. The maximum absolute atomic E-state index is 12.0. The number of nitrogens with two attached hydrogens (primary N) is 1. The van der Waals surface area contributed by atoms with E-state index in [4.69, 9.17) is 5.73 Å². The Bertz CT molecular complexity index is 627. The first-order chi connectivity index (χ1) is 9.35. The van der Waals surface area contributed by atoms with E-state index in [2.05, 4.69) is 14.7 Å². The van der Waals surface area contributed by atoms with Crippen LogP contribution in [0.1, 0.15) is 10.5 Å². The molecular formula is C12H8F3N3O2. The minimum absolute atomic E-state index is 0.0295. The van der Waals surface area contributed by atoms with Gasteiger partial charge in [0.25, 0.3) is 5.91 Å². The van der Waals surface area contributed by atoms with Gasteiger partial charge in [-0.15, -0.1) is 13.2 Å². The summed E-state index contributed by atoms with van der Waals surface area (Å²) in [6.45, 7) is 0. The van der Waals surface area contributed by atoms with Gasteiger partial charge in [0.1, 0.15) is 11.4 Å². The predicted molar refractivity (Wildman–Crippen MR) is 62.7 cm³/mol. The highest BCUT2D eigenvalue weighted by Gasteiger charge is 2.30. The Morgan fingerprint density at radius 2 is 1.80 bits per heavy atom. The van der Waals surface area contributed by atoms with Gasteiger partial charge in [0.05, 0.1) is 18.1 Å². The van der Waals surface area contributed by atoms with Gasteiger partial charge in [0.15, 0.2) is 0 Å². The minimum Gasteiger partial charge on any atom is -0.406 e. The van der Waals surface area contributed by atoms with Crippen molar-refractivity contribution in [3.63, 3.8) is 0 Å². The van der Waals surface area contributed by atoms with Crippen molar-refractivity contribution in [2.75, 3.05) is 0 Å². The van der Waals surface area contributed by atoms with E-state index in [1.165, 1.54) is 24.5 Å². The minimum atomic E-state index is -4.74. The van der Waals surface area contributed by atoms with Crippen LogP contribution in [0, 0.1) is 0 Å². The molecule has 1 aromatic carbocycles. The Hall–Kier alpha value is -2.64. The zero-order valence-electron chi connectivity index (χ0n) is 9.89. The van der Waals surface area contributed by atoms with Gasteiger partial charge in [-0.2, -0.15) is 0 Å². The number of carbonyl (C=O) groups excluding carboxylic acids is 1. The number of nitrogens with zero attached hydrogens (tertiary/aromatic N) is 2. The molecule has 0 saturated heterocycles. The zero-order chi connectivity index (χ0) is 14.8. The van der Waals surface area contributed by atoms with Gasteiger partial charge in [-0.1, -0.05) is 0 Å². The van der Waals surface area contributed by atoms with Crippen LogP contribution in [0.4, 0.5) is 13.2 Å². The van der Waals surface area contributed by atoms with Crippen molar-refractivity contribution in [3.8, 4) is 17.0 Å². The highest BCUT2D eigenvalue weighted by Crippen LogP contribution is 2.25. The molecule has 104 valence electrons. The number of alkyl halides is 3. The smallest absolute Gasteiger partial charge is 0.406 e.